The van der Waals surface area contributed by atoms with E-state index in [-0.39, 0.29) is 11.9 Å². The van der Waals surface area contributed by atoms with Gasteiger partial charge in [0.05, 0.1) is 36.2 Å². The predicted molar refractivity (Wildman–Crippen MR) is 68.4 cm³/mol. The van der Waals surface area contributed by atoms with Gasteiger partial charge in [-0.3, -0.25) is 14.8 Å². The summed E-state index contributed by atoms with van der Waals surface area (Å²) in [6.45, 7) is 2.66. The first-order chi connectivity index (χ1) is 9.25. The molecule has 0 unspecified atom stereocenters. The lowest BCUT2D eigenvalue weighted by Crippen LogP contribution is -2.31. The van der Waals surface area contributed by atoms with Gasteiger partial charge in [0.25, 0.3) is 5.91 Å². The molecule has 2 aromatic heterocycles. The summed E-state index contributed by atoms with van der Waals surface area (Å²) in [5, 5.41) is 0. The summed E-state index contributed by atoms with van der Waals surface area (Å²) < 4.78 is 0. The first kappa shape index (κ1) is 11.8. The highest BCUT2D eigenvalue weighted by Crippen LogP contribution is 2.31. The number of likely N-dealkylation sites (tertiary alicyclic amines) is 1. The molecule has 0 aromatic carbocycles. The van der Waals surface area contributed by atoms with Crippen LogP contribution in [0.4, 0.5) is 0 Å². The number of aromatic amines is 1. The fourth-order valence-corrected chi connectivity index (χ4v) is 2.49. The number of H-pyrrole nitrogens is 1. The van der Waals surface area contributed by atoms with Gasteiger partial charge in [-0.2, -0.15) is 0 Å². The van der Waals surface area contributed by atoms with Crippen LogP contribution in [0, 0.1) is 6.92 Å². The highest BCUT2D eigenvalue weighted by Gasteiger charge is 2.32. The third-order valence-corrected chi connectivity index (χ3v) is 3.36. The van der Waals surface area contributed by atoms with Gasteiger partial charge in [-0.05, 0) is 19.8 Å². The lowest BCUT2D eigenvalue weighted by molar-refractivity contribution is 0.0727. The Morgan fingerprint density at radius 1 is 1.37 bits per heavy atom. The van der Waals surface area contributed by atoms with E-state index in [0.29, 0.717) is 5.69 Å². The van der Waals surface area contributed by atoms with Gasteiger partial charge in [0, 0.05) is 12.7 Å². The first-order valence-electron chi connectivity index (χ1n) is 6.33. The van der Waals surface area contributed by atoms with E-state index in [1.807, 2.05) is 11.8 Å². The van der Waals surface area contributed by atoms with E-state index in [0.717, 1.165) is 30.8 Å². The Morgan fingerprint density at radius 3 is 3.00 bits per heavy atom. The number of amides is 1. The fraction of sp³-hybridized carbons (Fsp3) is 0.385. The molecule has 2 aromatic rings. The zero-order valence-electron chi connectivity index (χ0n) is 10.7. The molecule has 1 aliphatic heterocycles. The van der Waals surface area contributed by atoms with Crippen molar-refractivity contribution in [1.82, 2.24) is 24.8 Å². The van der Waals surface area contributed by atoms with E-state index < -0.39 is 0 Å². The molecule has 6 heteroatoms. The Bertz CT molecular complexity index is 580. The van der Waals surface area contributed by atoms with Crippen molar-refractivity contribution in [2.75, 3.05) is 6.54 Å². The second kappa shape index (κ2) is 4.79. The van der Waals surface area contributed by atoms with Gasteiger partial charge in [-0.15, -0.1) is 0 Å². The van der Waals surface area contributed by atoms with Crippen molar-refractivity contribution in [3.8, 4) is 0 Å². The van der Waals surface area contributed by atoms with Crippen molar-refractivity contribution < 1.29 is 4.79 Å². The Balaban J connectivity index is 1.88. The third kappa shape index (κ3) is 2.21. The summed E-state index contributed by atoms with van der Waals surface area (Å²) in [6, 6.07) is 0.0169. The molecule has 98 valence electrons. The summed E-state index contributed by atoms with van der Waals surface area (Å²) in [7, 11) is 0. The lowest BCUT2D eigenvalue weighted by Gasteiger charge is -2.23. The molecule has 1 saturated heterocycles. The van der Waals surface area contributed by atoms with Crippen molar-refractivity contribution in [2.45, 2.75) is 25.8 Å². The number of imidazole rings is 1. The van der Waals surface area contributed by atoms with E-state index in [1.165, 1.54) is 6.33 Å². The van der Waals surface area contributed by atoms with Crippen molar-refractivity contribution in [1.29, 1.82) is 0 Å². The second-order valence-electron chi connectivity index (χ2n) is 4.71. The molecular weight excluding hydrogens is 242 g/mol. The zero-order valence-corrected chi connectivity index (χ0v) is 10.7. The number of rotatable bonds is 2. The molecule has 19 heavy (non-hydrogen) atoms. The Morgan fingerprint density at radius 2 is 2.26 bits per heavy atom. The number of hydrogen-bond acceptors (Lipinski definition) is 4. The topological polar surface area (TPSA) is 74.8 Å². The molecule has 0 aliphatic carbocycles. The first-order valence-corrected chi connectivity index (χ1v) is 6.33. The minimum Gasteiger partial charge on any atom is -0.341 e. The minimum absolute atomic E-state index is 0.0169. The van der Waals surface area contributed by atoms with Gasteiger partial charge >= 0.3 is 0 Å². The van der Waals surface area contributed by atoms with Gasteiger partial charge in [0.2, 0.25) is 0 Å². The van der Waals surface area contributed by atoms with Crippen LogP contribution in [0.25, 0.3) is 0 Å². The van der Waals surface area contributed by atoms with Crippen LogP contribution in [0.3, 0.4) is 0 Å². The molecule has 3 rings (SSSR count). The van der Waals surface area contributed by atoms with E-state index in [4.69, 9.17) is 0 Å². The average Bonchev–Trinajstić information content (AvgIpc) is 3.09. The summed E-state index contributed by atoms with van der Waals surface area (Å²) in [5.41, 5.74) is 2.26. The molecule has 1 atom stereocenters. The minimum atomic E-state index is -0.0247. The number of carbonyl (C=O) groups is 1. The predicted octanol–water partition coefficient (Wildman–Crippen LogP) is 1.49. The number of aryl methyl sites for hydroxylation is 1. The second-order valence-corrected chi connectivity index (χ2v) is 4.71. The Hall–Kier alpha value is -2.24. The molecule has 0 bridgehead atoms. The van der Waals surface area contributed by atoms with Gasteiger partial charge in [-0.25, -0.2) is 4.98 Å². The standard InChI is InChI=1S/C13H15N5O/c1-9-5-14-6-10(17-9)12-3-2-4-18(12)13(19)11-7-15-8-16-11/h5-8,12H,2-4H2,1H3,(H,15,16)/t12-/m1/s1. The quantitative estimate of drug-likeness (QED) is 0.884. The molecule has 6 nitrogen and oxygen atoms in total. The molecule has 1 N–H and O–H groups in total. The van der Waals surface area contributed by atoms with Crippen LogP contribution in [-0.4, -0.2) is 37.3 Å². The molecular formula is C13H15N5O. The fourth-order valence-electron chi connectivity index (χ4n) is 2.49. The molecule has 0 radical (unpaired) electrons. The van der Waals surface area contributed by atoms with E-state index in [2.05, 4.69) is 19.9 Å². The van der Waals surface area contributed by atoms with Crippen molar-refractivity contribution in [2.24, 2.45) is 0 Å². The van der Waals surface area contributed by atoms with Crippen molar-refractivity contribution >= 4 is 5.91 Å². The van der Waals surface area contributed by atoms with Crippen LogP contribution in [-0.2, 0) is 0 Å². The molecule has 3 heterocycles. The maximum atomic E-state index is 12.4. The lowest BCUT2D eigenvalue weighted by atomic mass is 10.1. The molecule has 0 saturated carbocycles. The number of nitrogens with zero attached hydrogens (tertiary/aromatic N) is 4. The number of aromatic nitrogens is 4. The average molecular weight is 257 g/mol. The van der Waals surface area contributed by atoms with E-state index in [9.17, 15) is 4.79 Å². The zero-order chi connectivity index (χ0) is 13.2. The maximum absolute atomic E-state index is 12.4. The highest BCUT2D eigenvalue weighted by atomic mass is 16.2. The number of nitrogens with one attached hydrogen (secondary N) is 1. The van der Waals surface area contributed by atoms with Crippen molar-refractivity contribution in [3.05, 3.63) is 42.0 Å². The number of carbonyl (C=O) groups excluding carboxylic acids is 1. The van der Waals surface area contributed by atoms with E-state index >= 15 is 0 Å². The van der Waals surface area contributed by atoms with Crippen LogP contribution in [0.1, 0.15) is 40.8 Å². The van der Waals surface area contributed by atoms with Gasteiger partial charge < -0.3 is 9.88 Å². The van der Waals surface area contributed by atoms with Gasteiger partial charge in [0.15, 0.2) is 0 Å². The van der Waals surface area contributed by atoms with Crippen LogP contribution in [0.5, 0.6) is 0 Å². The van der Waals surface area contributed by atoms with Crippen LogP contribution < -0.4 is 0 Å². The summed E-state index contributed by atoms with van der Waals surface area (Å²) in [6.07, 6.45) is 8.46. The van der Waals surface area contributed by atoms with E-state index in [1.54, 1.807) is 18.6 Å². The summed E-state index contributed by atoms with van der Waals surface area (Å²) in [4.78, 5) is 29.6. The van der Waals surface area contributed by atoms with Crippen LogP contribution in [0.2, 0.25) is 0 Å². The maximum Gasteiger partial charge on any atom is 0.272 e. The van der Waals surface area contributed by atoms with Gasteiger partial charge in [0.1, 0.15) is 5.69 Å². The monoisotopic (exact) mass is 257 g/mol. The highest BCUT2D eigenvalue weighted by molar-refractivity contribution is 5.92. The number of hydrogen-bond donors (Lipinski definition) is 1. The Labute approximate surface area is 110 Å². The van der Waals surface area contributed by atoms with Crippen LogP contribution >= 0.6 is 0 Å². The molecule has 0 spiro atoms. The third-order valence-electron chi connectivity index (χ3n) is 3.36. The van der Waals surface area contributed by atoms with Gasteiger partial charge in [-0.1, -0.05) is 0 Å². The van der Waals surface area contributed by atoms with Crippen molar-refractivity contribution in [3.63, 3.8) is 0 Å². The normalized spacial score (nSPS) is 18.8. The SMILES string of the molecule is Cc1cncc([C@H]2CCCN2C(=O)c2cnc[nH]2)n1. The summed E-state index contributed by atoms with van der Waals surface area (Å²) in [5.74, 6) is -0.0247. The Kier molecular flexibility index (Phi) is 2.98. The largest absolute Gasteiger partial charge is 0.341 e. The van der Waals surface area contributed by atoms with Crippen LogP contribution in [0.15, 0.2) is 24.9 Å². The molecule has 1 amide bonds. The molecule has 1 aliphatic rings. The summed E-state index contributed by atoms with van der Waals surface area (Å²) >= 11 is 0. The molecule has 1 fully saturated rings. The smallest absolute Gasteiger partial charge is 0.272 e.